The summed E-state index contributed by atoms with van der Waals surface area (Å²) >= 11 is 0. The van der Waals surface area contributed by atoms with Crippen LogP contribution in [0.3, 0.4) is 0 Å². The standard InChI is InChI=1S/C10H8FNO4S/c11-6-3-7-16-9-4-1-2-5-10(9)17(14,15)12-8-13/h1-6H,7H2. The van der Waals surface area contributed by atoms with E-state index in [1.807, 2.05) is 0 Å². The summed E-state index contributed by atoms with van der Waals surface area (Å²) in [5.41, 5.74) is 0. The fraction of sp³-hybridized carbons (Fsp3) is 0.100. The first kappa shape index (κ1) is 13.1. The molecule has 5 nitrogen and oxygen atoms in total. The smallest absolute Gasteiger partial charge is 0.296 e. The average molecular weight is 257 g/mol. The van der Waals surface area contributed by atoms with Crippen molar-refractivity contribution in [2.75, 3.05) is 6.61 Å². The molecule has 1 aromatic rings. The van der Waals surface area contributed by atoms with E-state index in [1.165, 1.54) is 24.3 Å². The number of halogens is 1. The third-order valence-electron chi connectivity index (χ3n) is 1.71. The second-order valence-corrected chi connectivity index (χ2v) is 4.35. The zero-order valence-electron chi connectivity index (χ0n) is 8.54. The molecule has 0 unspecified atom stereocenters. The Kier molecular flexibility index (Phi) is 4.56. The first-order valence-corrected chi connectivity index (χ1v) is 5.87. The van der Waals surface area contributed by atoms with Gasteiger partial charge in [-0.1, -0.05) is 16.5 Å². The summed E-state index contributed by atoms with van der Waals surface area (Å²) in [6.45, 7) is -0.131. The molecule has 0 amide bonds. The molecule has 0 aliphatic rings. The minimum Gasteiger partial charge on any atom is -0.488 e. The van der Waals surface area contributed by atoms with Gasteiger partial charge in [0, 0.05) is 0 Å². The molecule has 0 saturated heterocycles. The van der Waals surface area contributed by atoms with E-state index in [4.69, 9.17) is 4.74 Å². The molecule has 17 heavy (non-hydrogen) atoms. The fourth-order valence-corrected chi connectivity index (χ4v) is 1.88. The van der Waals surface area contributed by atoms with Gasteiger partial charge in [-0.15, -0.1) is 0 Å². The van der Waals surface area contributed by atoms with Crippen LogP contribution in [-0.4, -0.2) is 21.1 Å². The maximum Gasteiger partial charge on any atom is 0.296 e. The third-order valence-corrected chi connectivity index (χ3v) is 2.92. The number of sulfonamides is 1. The number of para-hydroxylation sites is 1. The van der Waals surface area contributed by atoms with Gasteiger partial charge < -0.3 is 4.74 Å². The van der Waals surface area contributed by atoms with Crippen LogP contribution in [0.1, 0.15) is 0 Å². The van der Waals surface area contributed by atoms with E-state index in [1.54, 1.807) is 0 Å². The number of nitrogens with zero attached hydrogens (tertiary/aromatic N) is 1. The van der Waals surface area contributed by atoms with E-state index in [0.29, 0.717) is 0 Å². The zero-order chi connectivity index (χ0) is 12.7. The molecule has 0 aliphatic carbocycles. The molecular formula is C10H8FNO4S. The summed E-state index contributed by atoms with van der Waals surface area (Å²) in [6.07, 6.45) is 2.30. The fourth-order valence-electron chi connectivity index (χ4n) is 1.06. The molecule has 1 aromatic carbocycles. The van der Waals surface area contributed by atoms with E-state index in [0.717, 1.165) is 12.2 Å². The van der Waals surface area contributed by atoms with Crippen molar-refractivity contribution in [2.45, 2.75) is 4.90 Å². The highest BCUT2D eigenvalue weighted by molar-refractivity contribution is 7.90. The van der Waals surface area contributed by atoms with E-state index in [9.17, 15) is 17.6 Å². The van der Waals surface area contributed by atoms with Gasteiger partial charge in [-0.25, -0.2) is 9.18 Å². The molecule has 0 aromatic heterocycles. The van der Waals surface area contributed by atoms with Gasteiger partial charge in [0.05, 0.1) is 6.33 Å². The zero-order valence-corrected chi connectivity index (χ0v) is 9.35. The Morgan fingerprint density at radius 2 is 2.12 bits per heavy atom. The molecule has 1 rings (SSSR count). The lowest BCUT2D eigenvalue weighted by atomic mass is 10.3. The van der Waals surface area contributed by atoms with Crippen molar-refractivity contribution in [1.29, 1.82) is 0 Å². The largest absolute Gasteiger partial charge is 0.488 e. The Hall–Kier alpha value is -1.98. The van der Waals surface area contributed by atoms with Crippen molar-refractivity contribution >= 4 is 16.1 Å². The van der Waals surface area contributed by atoms with Crippen molar-refractivity contribution in [3.8, 4) is 5.75 Å². The summed E-state index contributed by atoms with van der Waals surface area (Å²) in [6, 6.07) is 5.59. The van der Waals surface area contributed by atoms with Crippen LogP contribution in [0.25, 0.3) is 0 Å². The quantitative estimate of drug-likeness (QED) is 0.593. The molecule has 0 fully saturated rings. The number of rotatable bonds is 5. The van der Waals surface area contributed by atoms with Crippen LogP contribution >= 0.6 is 0 Å². The van der Waals surface area contributed by atoms with Crippen molar-refractivity contribution in [1.82, 2.24) is 0 Å². The normalized spacial score (nSPS) is 11.1. The SMILES string of the molecule is O=C=NS(=O)(=O)c1ccccc1OCC=CF. The van der Waals surface area contributed by atoms with Crippen LogP contribution < -0.4 is 4.74 Å². The monoisotopic (exact) mass is 257 g/mol. The summed E-state index contributed by atoms with van der Waals surface area (Å²) in [5.74, 6) is -0.00963. The highest BCUT2D eigenvalue weighted by Gasteiger charge is 2.18. The van der Waals surface area contributed by atoms with Crippen molar-refractivity contribution in [2.24, 2.45) is 4.40 Å². The van der Waals surface area contributed by atoms with Crippen LogP contribution in [0.2, 0.25) is 0 Å². The van der Waals surface area contributed by atoms with Gasteiger partial charge in [-0.2, -0.15) is 8.42 Å². The van der Waals surface area contributed by atoms with Crippen molar-refractivity contribution in [3.63, 3.8) is 0 Å². The van der Waals surface area contributed by atoms with Crippen LogP contribution in [0.15, 0.2) is 46.0 Å². The molecule has 0 spiro atoms. The lowest BCUT2D eigenvalue weighted by Gasteiger charge is -2.06. The second kappa shape index (κ2) is 5.93. The molecule has 90 valence electrons. The minimum atomic E-state index is -4.12. The van der Waals surface area contributed by atoms with Crippen LogP contribution in [-0.2, 0) is 14.8 Å². The van der Waals surface area contributed by atoms with Gasteiger partial charge in [-0.05, 0) is 18.2 Å². The van der Waals surface area contributed by atoms with Crippen LogP contribution in [0, 0.1) is 0 Å². The van der Waals surface area contributed by atoms with Gasteiger partial charge >= 0.3 is 0 Å². The van der Waals surface area contributed by atoms with Crippen molar-refractivity contribution < 1.29 is 22.3 Å². The number of hydrogen-bond acceptors (Lipinski definition) is 4. The van der Waals surface area contributed by atoms with Crippen molar-refractivity contribution in [3.05, 3.63) is 36.7 Å². The Labute approximate surface area is 97.3 Å². The molecule has 0 saturated carbocycles. The first-order valence-electron chi connectivity index (χ1n) is 4.43. The number of ether oxygens (including phenoxy) is 1. The Morgan fingerprint density at radius 1 is 1.41 bits per heavy atom. The summed E-state index contributed by atoms with van der Waals surface area (Å²) in [5, 5.41) is 0. The Bertz CT molecular complexity index is 561. The van der Waals surface area contributed by atoms with Crippen LogP contribution in [0.5, 0.6) is 5.75 Å². The minimum absolute atomic E-state index is 0.00963. The molecule has 0 bridgehead atoms. The lowest BCUT2D eigenvalue weighted by Crippen LogP contribution is -2.02. The summed E-state index contributed by atoms with van der Waals surface area (Å²) in [4.78, 5) is 9.73. The molecule has 0 heterocycles. The third kappa shape index (κ3) is 3.51. The first-order chi connectivity index (χ1) is 8.11. The van der Waals surface area contributed by atoms with Gasteiger partial charge in [0.1, 0.15) is 17.3 Å². The lowest BCUT2D eigenvalue weighted by molar-refractivity contribution is 0.351. The van der Waals surface area contributed by atoms with E-state index in [-0.39, 0.29) is 23.6 Å². The number of benzene rings is 1. The molecular weight excluding hydrogens is 249 g/mol. The predicted octanol–water partition coefficient (Wildman–Crippen LogP) is 1.57. The topological polar surface area (TPSA) is 72.8 Å². The Morgan fingerprint density at radius 3 is 2.76 bits per heavy atom. The maximum absolute atomic E-state index is 11.7. The number of hydrogen-bond donors (Lipinski definition) is 0. The van der Waals surface area contributed by atoms with E-state index >= 15 is 0 Å². The molecule has 0 atom stereocenters. The van der Waals surface area contributed by atoms with Gasteiger partial charge in [0.15, 0.2) is 0 Å². The second-order valence-electron chi connectivity index (χ2n) is 2.78. The molecule has 0 aliphatic heterocycles. The molecule has 0 radical (unpaired) electrons. The summed E-state index contributed by atoms with van der Waals surface area (Å²) < 4.78 is 42.4. The van der Waals surface area contributed by atoms with Crippen LogP contribution in [0.4, 0.5) is 4.39 Å². The molecule has 7 heteroatoms. The highest BCUT2D eigenvalue weighted by Crippen LogP contribution is 2.24. The molecule has 0 N–H and O–H groups in total. The van der Waals surface area contributed by atoms with E-state index < -0.39 is 10.0 Å². The average Bonchev–Trinajstić information content (AvgIpc) is 2.30. The Balaban J connectivity index is 3.12. The number of isocyanates is 1. The summed E-state index contributed by atoms with van der Waals surface area (Å²) in [7, 11) is -4.12. The number of carbonyl (C=O) groups excluding carboxylic acids is 1. The van der Waals surface area contributed by atoms with E-state index in [2.05, 4.69) is 4.40 Å². The van der Waals surface area contributed by atoms with Gasteiger partial charge in [0.25, 0.3) is 16.1 Å². The maximum atomic E-state index is 11.7. The predicted molar refractivity (Wildman–Crippen MR) is 57.5 cm³/mol. The van der Waals surface area contributed by atoms with Gasteiger partial charge in [0.2, 0.25) is 0 Å². The van der Waals surface area contributed by atoms with Gasteiger partial charge in [-0.3, -0.25) is 0 Å². The highest BCUT2D eigenvalue weighted by atomic mass is 32.2.